The van der Waals surface area contributed by atoms with Gasteiger partial charge in [-0.05, 0) is 19.1 Å². The van der Waals surface area contributed by atoms with Gasteiger partial charge in [0, 0.05) is 18.7 Å². The van der Waals surface area contributed by atoms with Gasteiger partial charge in [-0.2, -0.15) is 0 Å². The lowest BCUT2D eigenvalue weighted by Gasteiger charge is -2.15. The average Bonchev–Trinajstić information content (AvgIpc) is 2.37. The van der Waals surface area contributed by atoms with Gasteiger partial charge in [-0.25, -0.2) is 0 Å². The molecule has 0 radical (unpaired) electrons. The maximum Gasteiger partial charge on any atom is 0.251 e. The summed E-state index contributed by atoms with van der Waals surface area (Å²) in [6, 6.07) is 3.03. The number of hydrogen-bond acceptors (Lipinski definition) is 4. The molecule has 1 amide bonds. The van der Waals surface area contributed by atoms with Crippen molar-refractivity contribution in [2.75, 3.05) is 27.9 Å². The van der Waals surface area contributed by atoms with E-state index in [2.05, 4.69) is 5.32 Å². The second-order valence-corrected chi connectivity index (χ2v) is 4.43. The molecule has 0 aliphatic carbocycles. The van der Waals surface area contributed by atoms with E-state index >= 15 is 0 Å². The summed E-state index contributed by atoms with van der Waals surface area (Å²) in [5.41, 5.74) is 0.408. The van der Waals surface area contributed by atoms with Gasteiger partial charge in [-0.15, -0.1) is 0 Å². The molecule has 0 aromatic heterocycles. The van der Waals surface area contributed by atoms with Gasteiger partial charge in [0.15, 0.2) is 11.5 Å². The fourth-order valence-corrected chi connectivity index (χ4v) is 1.94. The van der Waals surface area contributed by atoms with E-state index in [4.69, 9.17) is 25.8 Å². The number of rotatable bonds is 6. The highest BCUT2D eigenvalue weighted by atomic mass is 35.5. The molecule has 0 bridgehead atoms. The number of halogens is 1. The zero-order chi connectivity index (χ0) is 14.4. The first kappa shape index (κ1) is 15.6. The molecule has 1 rings (SSSR count). The van der Waals surface area contributed by atoms with Crippen LogP contribution in [0.15, 0.2) is 12.1 Å². The van der Waals surface area contributed by atoms with Crippen molar-refractivity contribution in [3.8, 4) is 11.5 Å². The molecule has 0 spiro atoms. The van der Waals surface area contributed by atoms with E-state index in [9.17, 15) is 4.79 Å². The highest BCUT2D eigenvalue weighted by Crippen LogP contribution is 2.35. The van der Waals surface area contributed by atoms with Crippen molar-refractivity contribution >= 4 is 17.5 Å². The number of carbonyl (C=O) groups is 1. The van der Waals surface area contributed by atoms with E-state index in [0.717, 1.165) is 0 Å². The Labute approximate surface area is 117 Å². The fourth-order valence-electron chi connectivity index (χ4n) is 1.65. The minimum Gasteiger partial charge on any atom is -0.493 e. The van der Waals surface area contributed by atoms with Crippen molar-refractivity contribution in [2.24, 2.45) is 0 Å². The maximum atomic E-state index is 12.0. The smallest absolute Gasteiger partial charge is 0.251 e. The van der Waals surface area contributed by atoms with Crippen molar-refractivity contribution in [2.45, 2.75) is 13.0 Å². The Balaban J connectivity index is 2.95. The Hall–Kier alpha value is -1.46. The Morgan fingerprint density at radius 2 is 2.00 bits per heavy atom. The predicted octanol–water partition coefficient (Wildman–Crippen LogP) is 2.12. The molecular weight excluding hydrogens is 270 g/mol. The molecule has 0 unspecified atom stereocenters. The number of hydrogen-bond donors (Lipinski definition) is 1. The van der Waals surface area contributed by atoms with Gasteiger partial charge in [0.1, 0.15) is 0 Å². The summed E-state index contributed by atoms with van der Waals surface area (Å²) < 4.78 is 15.2. The monoisotopic (exact) mass is 287 g/mol. The van der Waals surface area contributed by atoms with E-state index in [-0.39, 0.29) is 11.9 Å². The predicted molar refractivity (Wildman–Crippen MR) is 73.4 cm³/mol. The van der Waals surface area contributed by atoms with Crippen molar-refractivity contribution < 1.29 is 19.0 Å². The van der Waals surface area contributed by atoms with Gasteiger partial charge < -0.3 is 19.5 Å². The van der Waals surface area contributed by atoms with E-state index in [1.165, 1.54) is 20.3 Å². The van der Waals surface area contributed by atoms with E-state index in [0.29, 0.717) is 28.7 Å². The summed E-state index contributed by atoms with van der Waals surface area (Å²) in [5, 5.41) is 3.12. The second kappa shape index (κ2) is 7.21. The first-order chi connectivity index (χ1) is 9.03. The molecule has 1 atom stereocenters. The van der Waals surface area contributed by atoms with Crippen LogP contribution in [0.5, 0.6) is 11.5 Å². The van der Waals surface area contributed by atoms with Crippen molar-refractivity contribution in [1.29, 1.82) is 0 Å². The summed E-state index contributed by atoms with van der Waals surface area (Å²) in [7, 11) is 4.56. The summed E-state index contributed by atoms with van der Waals surface area (Å²) in [6.07, 6.45) is 0. The molecule has 1 aromatic carbocycles. The third-order valence-corrected chi connectivity index (χ3v) is 2.77. The van der Waals surface area contributed by atoms with Crippen LogP contribution in [-0.2, 0) is 4.74 Å². The minimum atomic E-state index is -0.243. The van der Waals surface area contributed by atoms with E-state index in [1.807, 2.05) is 6.92 Å². The molecule has 0 aliphatic rings. The summed E-state index contributed by atoms with van der Waals surface area (Å²) in [4.78, 5) is 12.0. The molecule has 0 heterocycles. The van der Waals surface area contributed by atoms with Crippen molar-refractivity contribution in [3.63, 3.8) is 0 Å². The maximum absolute atomic E-state index is 12.0. The third kappa shape index (κ3) is 4.01. The van der Waals surface area contributed by atoms with Gasteiger partial charge in [-0.1, -0.05) is 11.6 Å². The number of methoxy groups -OCH3 is 3. The fraction of sp³-hybridized carbons (Fsp3) is 0.462. The largest absolute Gasteiger partial charge is 0.493 e. The first-order valence-corrected chi connectivity index (χ1v) is 6.12. The van der Waals surface area contributed by atoms with Crippen LogP contribution in [-0.4, -0.2) is 39.9 Å². The van der Waals surface area contributed by atoms with Gasteiger partial charge in [0.05, 0.1) is 25.8 Å². The molecule has 5 nitrogen and oxygen atoms in total. The van der Waals surface area contributed by atoms with Crippen LogP contribution in [0.2, 0.25) is 5.02 Å². The number of carbonyl (C=O) groups excluding carboxylic acids is 1. The van der Waals surface area contributed by atoms with Crippen LogP contribution in [0.25, 0.3) is 0 Å². The van der Waals surface area contributed by atoms with Crippen LogP contribution in [0.4, 0.5) is 0 Å². The number of benzene rings is 1. The number of ether oxygens (including phenoxy) is 3. The SMILES string of the molecule is COC[C@@H](C)NC(=O)c1cc(Cl)c(OC)c(OC)c1. The molecule has 19 heavy (non-hydrogen) atoms. The van der Waals surface area contributed by atoms with Gasteiger partial charge >= 0.3 is 0 Å². The zero-order valence-electron chi connectivity index (χ0n) is 11.5. The van der Waals surface area contributed by atoms with E-state index in [1.54, 1.807) is 13.2 Å². The van der Waals surface area contributed by atoms with Crippen LogP contribution in [0.1, 0.15) is 17.3 Å². The van der Waals surface area contributed by atoms with Crippen LogP contribution in [0, 0.1) is 0 Å². The summed E-state index contributed by atoms with van der Waals surface area (Å²) in [6.45, 7) is 2.29. The summed E-state index contributed by atoms with van der Waals surface area (Å²) >= 11 is 6.05. The Bertz CT molecular complexity index is 451. The second-order valence-electron chi connectivity index (χ2n) is 4.02. The Morgan fingerprint density at radius 1 is 1.32 bits per heavy atom. The highest BCUT2D eigenvalue weighted by Gasteiger charge is 2.16. The Morgan fingerprint density at radius 3 is 2.53 bits per heavy atom. The first-order valence-electron chi connectivity index (χ1n) is 5.74. The van der Waals surface area contributed by atoms with E-state index < -0.39 is 0 Å². The average molecular weight is 288 g/mol. The van der Waals surface area contributed by atoms with Gasteiger partial charge in [0.2, 0.25) is 0 Å². The quantitative estimate of drug-likeness (QED) is 0.871. The molecular formula is C13H18ClNO4. The molecule has 106 valence electrons. The van der Waals surface area contributed by atoms with Crippen molar-refractivity contribution in [1.82, 2.24) is 5.32 Å². The highest BCUT2D eigenvalue weighted by molar-refractivity contribution is 6.32. The van der Waals surface area contributed by atoms with Crippen LogP contribution in [0.3, 0.4) is 0 Å². The summed E-state index contributed by atoms with van der Waals surface area (Å²) in [5.74, 6) is 0.581. The molecule has 1 N–H and O–H groups in total. The lowest BCUT2D eigenvalue weighted by molar-refractivity contribution is 0.0905. The zero-order valence-corrected chi connectivity index (χ0v) is 12.2. The molecule has 0 fully saturated rings. The molecule has 0 saturated carbocycles. The lowest BCUT2D eigenvalue weighted by Crippen LogP contribution is -2.35. The normalized spacial score (nSPS) is 11.8. The molecule has 6 heteroatoms. The standard InChI is InChI=1S/C13H18ClNO4/c1-8(7-17-2)15-13(16)9-5-10(14)12(19-4)11(6-9)18-3/h5-6,8H,7H2,1-4H3,(H,15,16)/t8-/m1/s1. The topological polar surface area (TPSA) is 56.8 Å². The van der Waals surface area contributed by atoms with Gasteiger partial charge in [0.25, 0.3) is 5.91 Å². The molecule has 0 aliphatic heterocycles. The molecule has 1 aromatic rings. The number of amides is 1. The van der Waals surface area contributed by atoms with Crippen LogP contribution < -0.4 is 14.8 Å². The van der Waals surface area contributed by atoms with Crippen molar-refractivity contribution in [3.05, 3.63) is 22.7 Å². The third-order valence-electron chi connectivity index (χ3n) is 2.49. The minimum absolute atomic E-state index is 0.0932. The Kier molecular flexibility index (Phi) is 5.92. The van der Waals surface area contributed by atoms with Gasteiger partial charge in [-0.3, -0.25) is 4.79 Å². The van der Waals surface area contributed by atoms with Crippen LogP contribution >= 0.6 is 11.6 Å². The lowest BCUT2D eigenvalue weighted by atomic mass is 10.1. The number of nitrogens with one attached hydrogen (secondary N) is 1. The molecule has 0 saturated heterocycles.